The summed E-state index contributed by atoms with van der Waals surface area (Å²) in [5.74, 6) is -0.168. The molecule has 7 heteroatoms. The van der Waals surface area contributed by atoms with E-state index in [1.807, 2.05) is 0 Å². The molecule has 2 fully saturated rings. The van der Waals surface area contributed by atoms with Gasteiger partial charge < -0.3 is 15.4 Å². The topological polar surface area (TPSA) is 81.1 Å². The molecule has 2 aliphatic heterocycles. The van der Waals surface area contributed by atoms with E-state index in [4.69, 9.17) is 4.74 Å². The minimum Gasteiger partial charge on any atom is -0.379 e. The van der Waals surface area contributed by atoms with Crippen LogP contribution in [0.15, 0.2) is 6.20 Å². The standard InChI is InChI=1S/C10H15N5O2/c16-10(12-7-1-2-17-6-7)9-5-15(14-13-9)8-3-11-4-8/h5,7-8,11H,1-4,6H2,(H,12,16). The van der Waals surface area contributed by atoms with Gasteiger partial charge in [-0.1, -0.05) is 5.21 Å². The summed E-state index contributed by atoms with van der Waals surface area (Å²) in [4.78, 5) is 11.8. The maximum atomic E-state index is 11.8. The van der Waals surface area contributed by atoms with Crippen LogP contribution in [0.25, 0.3) is 0 Å². The van der Waals surface area contributed by atoms with E-state index in [9.17, 15) is 4.79 Å². The zero-order valence-electron chi connectivity index (χ0n) is 9.43. The predicted octanol–water partition coefficient (Wildman–Crippen LogP) is -1.06. The number of hydrogen-bond donors (Lipinski definition) is 2. The molecular weight excluding hydrogens is 222 g/mol. The molecule has 0 radical (unpaired) electrons. The van der Waals surface area contributed by atoms with Gasteiger partial charge in [-0.05, 0) is 6.42 Å². The van der Waals surface area contributed by atoms with Crippen molar-refractivity contribution in [1.82, 2.24) is 25.6 Å². The van der Waals surface area contributed by atoms with E-state index in [0.29, 0.717) is 24.9 Å². The van der Waals surface area contributed by atoms with Crippen molar-refractivity contribution >= 4 is 5.91 Å². The van der Waals surface area contributed by atoms with Crippen LogP contribution in [0.1, 0.15) is 23.0 Å². The van der Waals surface area contributed by atoms with Crippen molar-refractivity contribution in [1.29, 1.82) is 0 Å². The molecule has 0 saturated carbocycles. The molecule has 1 aromatic rings. The molecule has 1 atom stereocenters. The van der Waals surface area contributed by atoms with Gasteiger partial charge in [0.25, 0.3) is 5.91 Å². The van der Waals surface area contributed by atoms with Crippen LogP contribution in [0, 0.1) is 0 Å². The molecule has 1 aromatic heterocycles. The minimum absolute atomic E-state index is 0.109. The number of nitrogens with zero attached hydrogens (tertiary/aromatic N) is 3. The van der Waals surface area contributed by atoms with Gasteiger partial charge in [0.2, 0.25) is 0 Å². The number of aromatic nitrogens is 3. The average Bonchev–Trinajstić information content (AvgIpc) is 2.85. The van der Waals surface area contributed by atoms with Gasteiger partial charge in [-0.15, -0.1) is 5.10 Å². The first-order valence-electron chi connectivity index (χ1n) is 5.84. The number of hydrogen-bond acceptors (Lipinski definition) is 5. The zero-order valence-corrected chi connectivity index (χ0v) is 9.43. The van der Waals surface area contributed by atoms with Crippen LogP contribution in [-0.4, -0.2) is 53.2 Å². The van der Waals surface area contributed by atoms with Crippen LogP contribution in [0.2, 0.25) is 0 Å². The van der Waals surface area contributed by atoms with Gasteiger partial charge in [0.05, 0.1) is 24.9 Å². The summed E-state index contributed by atoms with van der Waals surface area (Å²) in [6, 6.07) is 0.442. The van der Waals surface area contributed by atoms with Crippen molar-refractivity contribution < 1.29 is 9.53 Å². The summed E-state index contributed by atoms with van der Waals surface area (Å²) in [5, 5.41) is 13.9. The Morgan fingerprint density at radius 2 is 2.47 bits per heavy atom. The fourth-order valence-electron chi connectivity index (χ4n) is 1.93. The highest BCUT2D eigenvalue weighted by molar-refractivity contribution is 5.92. The van der Waals surface area contributed by atoms with E-state index >= 15 is 0 Å². The molecule has 2 saturated heterocycles. The van der Waals surface area contributed by atoms with Gasteiger partial charge in [-0.25, -0.2) is 4.68 Å². The summed E-state index contributed by atoms with van der Waals surface area (Å²) in [6.07, 6.45) is 2.57. The summed E-state index contributed by atoms with van der Waals surface area (Å²) in [6.45, 7) is 3.08. The Morgan fingerprint density at radius 3 is 3.12 bits per heavy atom. The fraction of sp³-hybridized carbons (Fsp3) is 0.700. The second-order valence-electron chi connectivity index (χ2n) is 4.43. The van der Waals surface area contributed by atoms with E-state index in [0.717, 1.165) is 19.5 Å². The second kappa shape index (κ2) is 4.42. The van der Waals surface area contributed by atoms with Crippen molar-refractivity contribution in [2.75, 3.05) is 26.3 Å². The maximum Gasteiger partial charge on any atom is 0.273 e. The van der Waals surface area contributed by atoms with E-state index < -0.39 is 0 Å². The summed E-state index contributed by atoms with van der Waals surface area (Å²) < 4.78 is 6.95. The summed E-state index contributed by atoms with van der Waals surface area (Å²) >= 11 is 0. The highest BCUT2D eigenvalue weighted by atomic mass is 16.5. The maximum absolute atomic E-state index is 11.8. The molecule has 7 nitrogen and oxygen atoms in total. The van der Waals surface area contributed by atoms with Gasteiger partial charge in [-0.2, -0.15) is 0 Å². The Balaban J connectivity index is 1.62. The molecule has 1 unspecified atom stereocenters. The Kier molecular flexibility index (Phi) is 2.77. The molecule has 2 aliphatic rings. The fourth-order valence-corrected chi connectivity index (χ4v) is 1.93. The third-order valence-electron chi connectivity index (χ3n) is 3.14. The molecule has 1 amide bonds. The van der Waals surface area contributed by atoms with Crippen LogP contribution in [-0.2, 0) is 4.74 Å². The number of carbonyl (C=O) groups excluding carboxylic acids is 1. The minimum atomic E-state index is -0.168. The lowest BCUT2D eigenvalue weighted by Crippen LogP contribution is -2.43. The third-order valence-corrected chi connectivity index (χ3v) is 3.14. The quantitative estimate of drug-likeness (QED) is 0.700. The molecule has 17 heavy (non-hydrogen) atoms. The van der Waals surface area contributed by atoms with Gasteiger partial charge in [0, 0.05) is 19.7 Å². The number of ether oxygens (including phenoxy) is 1. The van der Waals surface area contributed by atoms with Crippen LogP contribution in [0.5, 0.6) is 0 Å². The second-order valence-corrected chi connectivity index (χ2v) is 4.43. The van der Waals surface area contributed by atoms with Crippen molar-refractivity contribution in [3.63, 3.8) is 0 Å². The monoisotopic (exact) mass is 237 g/mol. The normalized spacial score (nSPS) is 24.6. The molecule has 0 aliphatic carbocycles. The largest absolute Gasteiger partial charge is 0.379 e. The van der Waals surface area contributed by atoms with Gasteiger partial charge in [0.15, 0.2) is 5.69 Å². The van der Waals surface area contributed by atoms with E-state index in [-0.39, 0.29) is 11.9 Å². The Morgan fingerprint density at radius 1 is 1.59 bits per heavy atom. The van der Waals surface area contributed by atoms with E-state index in [1.165, 1.54) is 0 Å². The van der Waals surface area contributed by atoms with Crippen LogP contribution >= 0.6 is 0 Å². The van der Waals surface area contributed by atoms with Crippen molar-refractivity contribution in [3.05, 3.63) is 11.9 Å². The van der Waals surface area contributed by atoms with Crippen LogP contribution in [0.3, 0.4) is 0 Å². The Labute approximate surface area is 98.5 Å². The van der Waals surface area contributed by atoms with Gasteiger partial charge in [-0.3, -0.25) is 4.79 Å². The molecule has 2 N–H and O–H groups in total. The van der Waals surface area contributed by atoms with E-state index in [1.54, 1.807) is 10.9 Å². The predicted molar refractivity (Wildman–Crippen MR) is 58.6 cm³/mol. The number of amides is 1. The average molecular weight is 237 g/mol. The number of nitrogens with one attached hydrogen (secondary N) is 2. The summed E-state index contributed by atoms with van der Waals surface area (Å²) in [7, 11) is 0. The highest BCUT2D eigenvalue weighted by Gasteiger charge is 2.23. The SMILES string of the molecule is O=C(NC1CCOC1)c1cn(C2CNC2)nn1. The molecule has 3 heterocycles. The molecular formula is C10H15N5O2. The highest BCUT2D eigenvalue weighted by Crippen LogP contribution is 2.10. The number of rotatable bonds is 3. The lowest BCUT2D eigenvalue weighted by atomic mass is 10.2. The molecule has 92 valence electrons. The van der Waals surface area contributed by atoms with Crippen LogP contribution in [0.4, 0.5) is 0 Å². The molecule has 3 rings (SSSR count). The van der Waals surface area contributed by atoms with Gasteiger partial charge >= 0.3 is 0 Å². The first kappa shape index (κ1) is 10.7. The van der Waals surface area contributed by atoms with Crippen molar-refractivity contribution in [3.8, 4) is 0 Å². The van der Waals surface area contributed by atoms with Crippen molar-refractivity contribution in [2.45, 2.75) is 18.5 Å². The lowest BCUT2D eigenvalue weighted by Gasteiger charge is -2.26. The Hall–Kier alpha value is -1.47. The first-order valence-corrected chi connectivity index (χ1v) is 5.84. The molecule has 0 bridgehead atoms. The zero-order chi connectivity index (χ0) is 11.7. The first-order chi connectivity index (χ1) is 8.33. The lowest BCUT2D eigenvalue weighted by molar-refractivity contribution is 0.0924. The van der Waals surface area contributed by atoms with Gasteiger partial charge in [0.1, 0.15) is 0 Å². The number of carbonyl (C=O) groups is 1. The molecule has 0 spiro atoms. The summed E-state index contributed by atoms with van der Waals surface area (Å²) in [5.41, 5.74) is 0.379. The smallest absolute Gasteiger partial charge is 0.273 e. The van der Waals surface area contributed by atoms with Crippen molar-refractivity contribution in [2.24, 2.45) is 0 Å². The Bertz CT molecular complexity index is 409. The van der Waals surface area contributed by atoms with E-state index in [2.05, 4.69) is 20.9 Å². The third kappa shape index (κ3) is 2.16. The van der Waals surface area contributed by atoms with Crippen LogP contribution < -0.4 is 10.6 Å². The molecule has 0 aromatic carbocycles.